The van der Waals surface area contributed by atoms with E-state index < -0.39 is 18.5 Å². The molecule has 0 saturated carbocycles. The van der Waals surface area contributed by atoms with Crippen LogP contribution in [0.15, 0.2) is 60.7 Å². The summed E-state index contributed by atoms with van der Waals surface area (Å²) in [7, 11) is 2.84. The molecular weight excluding hydrogens is 390 g/mol. The van der Waals surface area contributed by atoms with Crippen LogP contribution in [0.1, 0.15) is 10.4 Å². The van der Waals surface area contributed by atoms with Gasteiger partial charge in [-0.25, -0.2) is 4.79 Å². The van der Waals surface area contributed by atoms with E-state index in [1.807, 2.05) is 30.3 Å². The highest BCUT2D eigenvalue weighted by atomic mass is 16.5. The van der Waals surface area contributed by atoms with Crippen molar-refractivity contribution in [3.05, 3.63) is 66.2 Å². The highest BCUT2D eigenvalue weighted by molar-refractivity contribution is 5.94. The predicted molar refractivity (Wildman–Crippen MR) is 107 cm³/mol. The number of hydrogen-bond acceptors (Lipinski definition) is 8. The second-order valence-corrected chi connectivity index (χ2v) is 5.84. The first-order valence-corrected chi connectivity index (χ1v) is 8.84. The number of amides is 1. The van der Waals surface area contributed by atoms with Gasteiger partial charge in [0.2, 0.25) is 17.7 Å². The van der Waals surface area contributed by atoms with Crippen LogP contribution in [-0.2, 0) is 9.53 Å². The molecule has 1 heterocycles. The molecule has 1 amide bonds. The lowest BCUT2D eigenvalue weighted by Gasteiger charge is -2.09. The molecule has 0 aliphatic heterocycles. The molecule has 0 aliphatic rings. The first-order chi connectivity index (χ1) is 14.6. The summed E-state index contributed by atoms with van der Waals surface area (Å²) in [5.74, 6) is 0.386. The monoisotopic (exact) mass is 409 g/mol. The van der Waals surface area contributed by atoms with E-state index in [0.717, 1.165) is 0 Å². The number of para-hydroxylation sites is 1. The van der Waals surface area contributed by atoms with Gasteiger partial charge in [0.05, 0.1) is 25.8 Å². The van der Waals surface area contributed by atoms with Gasteiger partial charge in [0.15, 0.2) is 6.61 Å². The van der Waals surface area contributed by atoms with Crippen molar-refractivity contribution in [3.63, 3.8) is 0 Å². The van der Waals surface area contributed by atoms with Gasteiger partial charge in [-0.1, -0.05) is 18.2 Å². The zero-order chi connectivity index (χ0) is 21.3. The largest absolute Gasteiger partial charge is 0.481 e. The average Bonchev–Trinajstić information content (AvgIpc) is 2.78. The molecule has 0 fully saturated rings. The van der Waals surface area contributed by atoms with Gasteiger partial charge in [-0.15, -0.1) is 0 Å². The Labute approximate surface area is 172 Å². The maximum absolute atomic E-state index is 12.2. The van der Waals surface area contributed by atoms with Gasteiger partial charge in [0, 0.05) is 0 Å². The van der Waals surface area contributed by atoms with E-state index in [1.54, 1.807) is 24.3 Å². The standard InChI is InChI=1S/C21H19N3O6/c1-27-18-12-19(28-2)24-21(23-18)22-17(25)13-29-20(26)14-8-10-16(11-9-14)30-15-6-4-3-5-7-15/h3-12H,13H2,1-2H3,(H,22,23,24,25). The van der Waals surface area contributed by atoms with Crippen molar-refractivity contribution in [2.24, 2.45) is 0 Å². The van der Waals surface area contributed by atoms with E-state index in [2.05, 4.69) is 15.3 Å². The Morgan fingerprint density at radius 2 is 1.47 bits per heavy atom. The van der Waals surface area contributed by atoms with Crippen LogP contribution >= 0.6 is 0 Å². The lowest BCUT2D eigenvalue weighted by atomic mass is 10.2. The average molecular weight is 409 g/mol. The quantitative estimate of drug-likeness (QED) is 0.566. The van der Waals surface area contributed by atoms with E-state index in [0.29, 0.717) is 11.5 Å². The first kappa shape index (κ1) is 20.6. The van der Waals surface area contributed by atoms with Crippen LogP contribution in [-0.4, -0.2) is 42.7 Å². The topological polar surface area (TPSA) is 109 Å². The molecule has 0 unspecified atom stereocenters. The van der Waals surface area contributed by atoms with E-state index in [-0.39, 0.29) is 23.3 Å². The number of aromatic nitrogens is 2. The maximum atomic E-state index is 12.2. The summed E-state index contributed by atoms with van der Waals surface area (Å²) in [5.41, 5.74) is 0.280. The Morgan fingerprint density at radius 3 is 2.07 bits per heavy atom. The number of nitrogens with zero attached hydrogens (tertiary/aromatic N) is 2. The van der Waals surface area contributed by atoms with Gasteiger partial charge in [-0.2, -0.15) is 9.97 Å². The summed E-state index contributed by atoms with van der Waals surface area (Å²) in [6.07, 6.45) is 0. The van der Waals surface area contributed by atoms with Crippen LogP contribution in [0.25, 0.3) is 0 Å². The number of benzene rings is 2. The van der Waals surface area contributed by atoms with E-state index in [4.69, 9.17) is 18.9 Å². The molecule has 3 rings (SSSR count). The predicted octanol–water partition coefficient (Wildman–Crippen LogP) is 3.08. The Balaban J connectivity index is 1.53. The van der Waals surface area contributed by atoms with Crippen molar-refractivity contribution < 1.29 is 28.5 Å². The molecule has 0 radical (unpaired) electrons. The van der Waals surface area contributed by atoms with Gasteiger partial charge in [0.1, 0.15) is 11.5 Å². The van der Waals surface area contributed by atoms with E-state index >= 15 is 0 Å². The molecule has 1 N–H and O–H groups in total. The Hall–Kier alpha value is -4.14. The number of esters is 1. The van der Waals surface area contributed by atoms with Crippen LogP contribution < -0.4 is 19.5 Å². The molecule has 3 aromatic rings. The second-order valence-electron chi connectivity index (χ2n) is 5.84. The number of hydrogen-bond donors (Lipinski definition) is 1. The summed E-state index contributed by atoms with van der Waals surface area (Å²) in [6, 6.07) is 17.1. The SMILES string of the molecule is COc1cc(OC)nc(NC(=O)COC(=O)c2ccc(Oc3ccccc3)cc2)n1. The Morgan fingerprint density at radius 1 is 0.867 bits per heavy atom. The zero-order valence-electron chi connectivity index (χ0n) is 16.3. The summed E-state index contributed by atoms with van der Waals surface area (Å²) in [4.78, 5) is 32.1. The second kappa shape index (κ2) is 9.87. The first-order valence-electron chi connectivity index (χ1n) is 8.84. The van der Waals surface area contributed by atoms with Gasteiger partial charge in [-0.3, -0.25) is 10.1 Å². The van der Waals surface area contributed by atoms with Crippen molar-refractivity contribution in [2.45, 2.75) is 0 Å². The molecule has 0 aliphatic carbocycles. The van der Waals surface area contributed by atoms with Crippen LogP contribution in [0.4, 0.5) is 5.95 Å². The summed E-state index contributed by atoms with van der Waals surface area (Å²) >= 11 is 0. The van der Waals surface area contributed by atoms with Gasteiger partial charge in [0.25, 0.3) is 5.91 Å². The minimum Gasteiger partial charge on any atom is -0.481 e. The fraction of sp³-hybridized carbons (Fsp3) is 0.143. The van der Waals surface area contributed by atoms with Crippen molar-refractivity contribution in [1.29, 1.82) is 0 Å². The lowest BCUT2D eigenvalue weighted by Crippen LogP contribution is -2.22. The van der Waals surface area contributed by atoms with Crippen LogP contribution in [0.2, 0.25) is 0 Å². The lowest BCUT2D eigenvalue weighted by molar-refractivity contribution is -0.119. The number of carbonyl (C=O) groups is 2. The third-order valence-electron chi connectivity index (χ3n) is 3.75. The molecule has 0 spiro atoms. The number of carbonyl (C=O) groups excluding carboxylic acids is 2. The third kappa shape index (κ3) is 5.68. The fourth-order valence-electron chi connectivity index (χ4n) is 2.33. The highest BCUT2D eigenvalue weighted by Crippen LogP contribution is 2.21. The van der Waals surface area contributed by atoms with E-state index in [9.17, 15) is 9.59 Å². The molecule has 0 saturated heterocycles. The van der Waals surface area contributed by atoms with E-state index in [1.165, 1.54) is 20.3 Å². The summed E-state index contributed by atoms with van der Waals surface area (Å²) in [5, 5.41) is 2.42. The van der Waals surface area contributed by atoms with Crippen LogP contribution in [0.5, 0.6) is 23.3 Å². The molecule has 0 atom stereocenters. The van der Waals surface area contributed by atoms with Gasteiger partial charge in [-0.05, 0) is 36.4 Å². The maximum Gasteiger partial charge on any atom is 0.338 e. The van der Waals surface area contributed by atoms with Crippen molar-refractivity contribution in [2.75, 3.05) is 26.1 Å². The summed E-state index contributed by atoms with van der Waals surface area (Å²) < 4.78 is 20.7. The van der Waals surface area contributed by atoms with Crippen molar-refractivity contribution in [1.82, 2.24) is 9.97 Å². The zero-order valence-corrected chi connectivity index (χ0v) is 16.3. The van der Waals surface area contributed by atoms with Crippen LogP contribution in [0.3, 0.4) is 0 Å². The van der Waals surface area contributed by atoms with Gasteiger partial charge >= 0.3 is 5.97 Å². The van der Waals surface area contributed by atoms with Gasteiger partial charge < -0.3 is 18.9 Å². The van der Waals surface area contributed by atoms with Crippen molar-refractivity contribution in [3.8, 4) is 23.3 Å². The number of rotatable bonds is 8. The molecule has 9 nitrogen and oxygen atoms in total. The molecular formula is C21H19N3O6. The minimum absolute atomic E-state index is 0.0327. The Bertz CT molecular complexity index is 987. The van der Waals surface area contributed by atoms with Crippen molar-refractivity contribution >= 4 is 17.8 Å². The third-order valence-corrected chi connectivity index (χ3v) is 3.75. The normalized spacial score (nSPS) is 10.1. The molecule has 9 heteroatoms. The smallest absolute Gasteiger partial charge is 0.338 e. The molecule has 154 valence electrons. The molecule has 2 aromatic carbocycles. The number of nitrogens with one attached hydrogen (secondary N) is 1. The highest BCUT2D eigenvalue weighted by Gasteiger charge is 2.13. The Kier molecular flexibility index (Phi) is 6.78. The number of anilines is 1. The summed E-state index contributed by atoms with van der Waals surface area (Å²) in [6.45, 7) is -0.510. The van der Waals surface area contributed by atoms with Crippen LogP contribution in [0, 0.1) is 0 Å². The number of ether oxygens (including phenoxy) is 4. The molecule has 30 heavy (non-hydrogen) atoms. The fourth-order valence-corrected chi connectivity index (χ4v) is 2.33. The number of methoxy groups -OCH3 is 2. The molecule has 0 bridgehead atoms. The molecule has 1 aromatic heterocycles. The minimum atomic E-state index is -0.652.